The minimum atomic E-state index is -1.05. The van der Waals surface area contributed by atoms with Crippen molar-refractivity contribution in [3.8, 4) is 0 Å². The van der Waals surface area contributed by atoms with Gasteiger partial charge in [0.1, 0.15) is 0 Å². The minimum absolute atomic E-state index is 0.100. The second-order valence-electron chi connectivity index (χ2n) is 4.51. The van der Waals surface area contributed by atoms with Crippen molar-refractivity contribution in [2.45, 2.75) is 32.7 Å². The molecule has 1 aromatic carbocycles. The zero-order chi connectivity index (χ0) is 15.3. The van der Waals surface area contributed by atoms with Crippen LogP contribution in [0.5, 0.6) is 0 Å². The van der Waals surface area contributed by atoms with Gasteiger partial charge >= 0.3 is 12.0 Å². The van der Waals surface area contributed by atoms with E-state index in [1.807, 2.05) is 36.4 Å². The number of hydrogen-bond donors (Lipinski definition) is 2. The van der Waals surface area contributed by atoms with Gasteiger partial charge in [-0.3, -0.25) is 0 Å². The van der Waals surface area contributed by atoms with Gasteiger partial charge in [-0.15, -0.1) is 0 Å². The van der Waals surface area contributed by atoms with Crippen LogP contribution in [0.1, 0.15) is 37.0 Å². The highest BCUT2D eigenvalue weighted by molar-refractivity contribution is 14.1. The van der Waals surface area contributed by atoms with E-state index < -0.39 is 5.97 Å². The maximum atomic E-state index is 12.2. The standard InChI is InChI=1S/C14H19IN2O3/c1-4-10(5-2)17(3)14(20)16-12-7-6-9(15)8-11(12)13(18)19/h6-8,10H,4-5H2,1-3H3,(H,16,20)(H,18,19). The summed E-state index contributed by atoms with van der Waals surface area (Å²) in [6, 6.07) is 4.77. The molecule has 0 saturated carbocycles. The van der Waals surface area contributed by atoms with Crippen molar-refractivity contribution in [2.24, 2.45) is 0 Å². The maximum Gasteiger partial charge on any atom is 0.337 e. The molecule has 0 aliphatic carbocycles. The Hall–Kier alpha value is -1.31. The number of hydrogen-bond acceptors (Lipinski definition) is 2. The van der Waals surface area contributed by atoms with Gasteiger partial charge in [-0.1, -0.05) is 13.8 Å². The van der Waals surface area contributed by atoms with Crippen LogP contribution in [0.25, 0.3) is 0 Å². The van der Waals surface area contributed by atoms with E-state index in [4.69, 9.17) is 0 Å². The van der Waals surface area contributed by atoms with Crippen molar-refractivity contribution in [3.63, 3.8) is 0 Å². The monoisotopic (exact) mass is 390 g/mol. The van der Waals surface area contributed by atoms with Gasteiger partial charge in [-0.25, -0.2) is 9.59 Å². The molecule has 0 aromatic heterocycles. The molecule has 0 saturated heterocycles. The van der Waals surface area contributed by atoms with Crippen LogP contribution >= 0.6 is 22.6 Å². The van der Waals surface area contributed by atoms with Gasteiger partial charge in [0.25, 0.3) is 0 Å². The van der Waals surface area contributed by atoms with E-state index in [1.165, 1.54) is 6.07 Å². The number of nitrogens with zero attached hydrogens (tertiary/aromatic N) is 1. The highest BCUT2D eigenvalue weighted by Gasteiger charge is 2.19. The predicted octanol–water partition coefficient (Wildman–Crippen LogP) is 3.64. The molecule has 0 aliphatic heterocycles. The lowest BCUT2D eigenvalue weighted by atomic mass is 10.1. The molecule has 0 bridgehead atoms. The first-order chi connectivity index (χ1) is 9.40. The molecule has 2 amide bonds. The van der Waals surface area contributed by atoms with Crippen LogP contribution in [0.15, 0.2) is 18.2 Å². The SMILES string of the molecule is CCC(CC)N(C)C(=O)Nc1ccc(I)cc1C(=O)O. The third kappa shape index (κ3) is 4.09. The Morgan fingerprint density at radius 1 is 1.35 bits per heavy atom. The fourth-order valence-corrected chi connectivity index (χ4v) is 2.50. The van der Waals surface area contributed by atoms with Crippen molar-refractivity contribution >= 4 is 40.3 Å². The van der Waals surface area contributed by atoms with Crippen LogP contribution in [0.4, 0.5) is 10.5 Å². The zero-order valence-corrected chi connectivity index (χ0v) is 14.0. The second kappa shape index (κ2) is 7.47. The molecule has 0 unspecified atom stereocenters. The molecule has 110 valence electrons. The summed E-state index contributed by atoms with van der Waals surface area (Å²) >= 11 is 2.04. The van der Waals surface area contributed by atoms with E-state index in [0.29, 0.717) is 5.69 Å². The average Bonchev–Trinajstić information content (AvgIpc) is 2.41. The number of carbonyl (C=O) groups is 2. The fourth-order valence-electron chi connectivity index (χ4n) is 2.01. The Morgan fingerprint density at radius 2 is 1.95 bits per heavy atom. The molecule has 1 rings (SSSR count). The molecule has 20 heavy (non-hydrogen) atoms. The molecular formula is C14H19IN2O3. The van der Waals surface area contributed by atoms with Gasteiger partial charge in [0.2, 0.25) is 0 Å². The van der Waals surface area contributed by atoms with Gasteiger partial charge in [0.15, 0.2) is 0 Å². The molecule has 5 nitrogen and oxygen atoms in total. The average molecular weight is 390 g/mol. The van der Waals surface area contributed by atoms with E-state index in [2.05, 4.69) is 5.32 Å². The number of benzene rings is 1. The number of carbonyl (C=O) groups excluding carboxylic acids is 1. The summed E-state index contributed by atoms with van der Waals surface area (Å²) in [5.41, 5.74) is 0.420. The van der Waals surface area contributed by atoms with E-state index in [1.54, 1.807) is 24.1 Å². The van der Waals surface area contributed by atoms with Crippen LogP contribution in [0, 0.1) is 3.57 Å². The number of anilines is 1. The Balaban J connectivity index is 2.93. The first kappa shape index (κ1) is 16.7. The first-order valence-electron chi connectivity index (χ1n) is 6.47. The van der Waals surface area contributed by atoms with Crippen LogP contribution in [-0.4, -0.2) is 35.1 Å². The molecule has 0 aliphatic rings. The van der Waals surface area contributed by atoms with E-state index in [-0.39, 0.29) is 17.6 Å². The molecule has 0 heterocycles. The molecular weight excluding hydrogens is 371 g/mol. The highest BCUT2D eigenvalue weighted by Crippen LogP contribution is 2.20. The summed E-state index contributed by atoms with van der Waals surface area (Å²) in [6.07, 6.45) is 1.72. The van der Waals surface area contributed by atoms with Gasteiger partial charge in [0.05, 0.1) is 11.3 Å². The molecule has 1 aromatic rings. The van der Waals surface area contributed by atoms with Crippen LogP contribution in [0.3, 0.4) is 0 Å². The second-order valence-corrected chi connectivity index (χ2v) is 5.75. The highest BCUT2D eigenvalue weighted by atomic mass is 127. The molecule has 0 fully saturated rings. The predicted molar refractivity (Wildman–Crippen MR) is 87.3 cm³/mol. The van der Waals surface area contributed by atoms with Crippen molar-refractivity contribution < 1.29 is 14.7 Å². The third-order valence-corrected chi connectivity index (χ3v) is 3.94. The van der Waals surface area contributed by atoms with Crippen molar-refractivity contribution in [1.82, 2.24) is 4.90 Å². The molecule has 0 radical (unpaired) electrons. The summed E-state index contributed by atoms with van der Waals surface area (Å²) in [4.78, 5) is 25.0. The Bertz CT molecular complexity index is 501. The summed E-state index contributed by atoms with van der Waals surface area (Å²) in [5, 5.41) is 11.8. The largest absolute Gasteiger partial charge is 0.478 e. The molecule has 0 atom stereocenters. The van der Waals surface area contributed by atoms with Crippen molar-refractivity contribution in [1.29, 1.82) is 0 Å². The maximum absolute atomic E-state index is 12.2. The number of urea groups is 1. The first-order valence-corrected chi connectivity index (χ1v) is 7.55. The van der Waals surface area contributed by atoms with Gasteiger partial charge < -0.3 is 15.3 Å². The quantitative estimate of drug-likeness (QED) is 0.755. The normalized spacial score (nSPS) is 10.4. The fraction of sp³-hybridized carbons (Fsp3) is 0.429. The minimum Gasteiger partial charge on any atom is -0.478 e. The van der Waals surface area contributed by atoms with Crippen LogP contribution in [0.2, 0.25) is 0 Å². The number of nitrogens with one attached hydrogen (secondary N) is 1. The van der Waals surface area contributed by atoms with Crippen molar-refractivity contribution in [2.75, 3.05) is 12.4 Å². The number of carboxylic acids is 1. The third-order valence-electron chi connectivity index (χ3n) is 3.26. The smallest absolute Gasteiger partial charge is 0.337 e. The number of carboxylic acid groups (broad SMARTS) is 1. The number of rotatable bonds is 5. The van der Waals surface area contributed by atoms with Gasteiger partial charge in [-0.05, 0) is 53.6 Å². The Kier molecular flexibility index (Phi) is 6.25. The lowest BCUT2D eigenvalue weighted by Gasteiger charge is -2.26. The molecule has 6 heteroatoms. The van der Waals surface area contributed by atoms with Crippen molar-refractivity contribution in [3.05, 3.63) is 27.3 Å². The van der Waals surface area contributed by atoms with E-state index in [9.17, 15) is 14.7 Å². The topological polar surface area (TPSA) is 69.6 Å². The van der Waals surface area contributed by atoms with Crippen LogP contribution in [-0.2, 0) is 0 Å². The van der Waals surface area contributed by atoms with Crippen LogP contribution < -0.4 is 5.32 Å². The van der Waals surface area contributed by atoms with E-state index in [0.717, 1.165) is 16.4 Å². The lowest BCUT2D eigenvalue weighted by Crippen LogP contribution is -2.39. The Morgan fingerprint density at radius 3 is 2.45 bits per heavy atom. The lowest BCUT2D eigenvalue weighted by molar-refractivity contribution is 0.0698. The molecule has 2 N–H and O–H groups in total. The summed E-state index contributed by atoms with van der Waals surface area (Å²) in [7, 11) is 1.72. The number of halogens is 1. The number of amides is 2. The molecule has 0 spiro atoms. The summed E-state index contributed by atoms with van der Waals surface area (Å²) in [6.45, 7) is 4.04. The van der Waals surface area contributed by atoms with Gasteiger partial charge in [0, 0.05) is 16.7 Å². The van der Waals surface area contributed by atoms with Gasteiger partial charge in [-0.2, -0.15) is 0 Å². The summed E-state index contributed by atoms with van der Waals surface area (Å²) in [5.74, 6) is -1.05. The van der Waals surface area contributed by atoms with E-state index >= 15 is 0 Å². The number of aromatic carboxylic acids is 1. The summed E-state index contributed by atoms with van der Waals surface area (Å²) < 4.78 is 0.811. The zero-order valence-electron chi connectivity index (χ0n) is 11.8. The Labute approximate surface area is 132 Å².